The maximum atomic E-state index is 6.13. The zero-order valence-corrected chi connectivity index (χ0v) is 12.8. The number of fused-ring (bicyclic) bond motifs is 1. The average molecular weight is 299 g/mol. The van der Waals surface area contributed by atoms with Gasteiger partial charge in [0.05, 0.1) is 10.0 Å². The van der Waals surface area contributed by atoms with Crippen LogP contribution in [0.4, 0.5) is 0 Å². The first kappa shape index (κ1) is 13.7. The van der Waals surface area contributed by atoms with Gasteiger partial charge in [-0.1, -0.05) is 30.1 Å². The van der Waals surface area contributed by atoms with E-state index in [0.717, 1.165) is 39.0 Å². The third kappa shape index (κ3) is 2.92. The molecule has 0 atom stereocenters. The van der Waals surface area contributed by atoms with Crippen LogP contribution in [-0.2, 0) is 12.8 Å². The van der Waals surface area contributed by atoms with Crippen molar-refractivity contribution < 1.29 is 0 Å². The molecule has 3 rings (SSSR count). The summed E-state index contributed by atoms with van der Waals surface area (Å²) in [7, 11) is 0. The highest BCUT2D eigenvalue weighted by Crippen LogP contribution is 2.40. The average Bonchev–Trinajstić information content (AvgIpc) is 2.66. The molecule has 1 N–H and O–H groups in total. The first-order valence-corrected chi connectivity index (χ1v) is 7.71. The molecule has 0 amide bonds. The molecule has 1 aromatic rings. The Morgan fingerprint density at radius 2 is 1.63 bits per heavy atom. The van der Waals surface area contributed by atoms with Crippen molar-refractivity contribution in [3.63, 3.8) is 0 Å². The van der Waals surface area contributed by atoms with Crippen LogP contribution in [0.2, 0.25) is 10.0 Å². The Morgan fingerprint density at radius 3 is 2.16 bits per heavy atom. The summed E-state index contributed by atoms with van der Waals surface area (Å²) in [6.45, 7) is 8.09. The van der Waals surface area contributed by atoms with Gasteiger partial charge in [0.15, 0.2) is 0 Å². The molecular formula is C15H20Cl2N2. The summed E-state index contributed by atoms with van der Waals surface area (Å²) in [6, 6.07) is 4.12. The Morgan fingerprint density at radius 1 is 1.11 bits per heavy atom. The van der Waals surface area contributed by atoms with Crippen molar-refractivity contribution in [2.45, 2.75) is 19.8 Å². The standard InChI is InChI=1S/C15H20Cl2N2/c1-15(10-19-4-2-18-3-5-19)8-11-6-13(16)14(17)7-12(11)9-15/h6-7,18H,2-5,8-10H2,1H3. The van der Waals surface area contributed by atoms with Crippen molar-refractivity contribution >= 4 is 23.2 Å². The lowest BCUT2D eigenvalue weighted by Crippen LogP contribution is -2.47. The molecule has 4 heteroatoms. The van der Waals surface area contributed by atoms with E-state index in [1.807, 2.05) is 0 Å². The van der Waals surface area contributed by atoms with Gasteiger partial charge in [-0.3, -0.25) is 0 Å². The molecule has 1 fully saturated rings. The van der Waals surface area contributed by atoms with Gasteiger partial charge in [-0.05, 0) is 41.5 Å². The van der Waals surface area contributed by atoms with E-state index in [1.54, 1.807) is 0 Å². The highest BCUT2D eigenvalue weighted by molar-refractivity contribution is 6.42. The summed E-state index contributed by atoms with van der Waals surface area (Å²) in [4.78, 5) is 2.57. The van der Waals surface area contributed by atoms with Crippen LogP contribution >= 0.6 is 23.2 Å². The maximum Gasteiger partial charge on any atom is 0.0595 e. The molecule has 104 valence electrons. The van der Waals surface area contributed by atoms with Crippen molar-refractivity contribution in [3.05, 3.63) is 33.3 Å². The van der Waals surface area contributed by atoms with Gasteiger partial charge >= 0.3 is 0 Å². The Bertz CT molecular complexity index is 450. The van der Waals surface area contributed by atoms with Crippen LogP contribution in [0.5, 0.6) is 0 Å². The third-order valence-electron chi connectivity index (χ3n) is 4.29. The second-order valence-corrected chi connectivity index (χ2v) is 7.04. The number of rotatable bonds is 2. The summed E-state index contributed by atoms with van der Waals surface area (Å²) >= 11 is 12.3. The molecule has 0 bridgehead atoms. The van der Waals surface area contributed by atoms with Crippen molar-refractivity contribution in [3.8, 4) is 0 Å². The highest BCUT2D eigenvalue weighted by Gasteiger charge is 2.35. The zero-order valence-electron chi connectivity index (χ0n) is 11.3. The van der Waals surface area contributed by atoms with E-state index in [1.165, 1.54) is 17.7 Å². The van der Waals surface area contributed by atoms with Crippen LogP contribution < -0.4 is 5.32 Å². The Labute approximate surface area is 125 Å². The van der Waals surface area contributed by atoms with E-state index in [0.29, 0.717) is 15.5 Å². The number of nitrogens with one attached hydrogen (secondary N) is 1. The number of piperazine rings is 1. The fourth-order valence-electron chi connectivity index (χ4n) is 3.46. The van der Waals surface area contributed by atoms with Crippen LogP contribution in [0.1, 0.15) is 18.1 Å². The van der Waals surface area contributed by atoms with Gasteiger partial charge in [0.25, 0.3) is 0 Å². The SMILES string of the molecule is CC1(CN2CCNCC2)Cc2cc(Cl)c(Cl)cc2C1. The van der Waals surface area contributed by atoms with Gasteiger partial charge in [0.2, 0.25) is 0 Å². The minimum atomic E-state index is 0.327. The first-order valence-electron chi connectivity index (χ1n) is 6.96. The van der Waals surface area contributed by atoms with Gasteiger partial charge in [-0.2, -0.15) is 0 Å². The lowest BCUT2D eigenvalue weighted by Gasteiger charge is -2.35. The van der Waals surface area contributed by atoms with Gasteiger partial charge < -0.3 is 10.2 Å². The largest absolute Gasteiger partial charge is 0.314 e. The predicted molar refractivity (Wildman–Crippen MR) is 81.3 cm³/mol. The molecule has 1 aliphatic heterocycles. The monoisotopic (exact) mass is 298 g/mol. The number of halogens is 2. The maximum absolute atomic E-state index is 6.13. The van der Waals surface area contributed by atoms with Crippen molar-refractivity contribution in [2.75, 3.05) is 32.7 Å². The van der Waals surface area contributed by atoms with Crippen molar-refractivity contribution in [1.82, 2.24) is 10.2 Å². The summed E-state index contributed by atoms with van der Waals surface area (Å²) < 4.78 is 0. The molecule has 1 aromatic carbocycles. The number of hydrogen-bond donors (Lipinski definition) is 1. The lowest BCUT2D eigenvalue weighted by atomic mass is 9.86. The minimum Gasteiger partial charge on any atom is -0.314 e. The Hall–Kier alpha value is -0.280. The Balaban J connectivity index is 1.74. The summed E-state index contributed by atoms with van der Waals surface area (Å²) in [5.74, 6) is 0. The summed E-state index contributed by atoms with van der Waals surface area (Å²) in [5, 5.41) is 4.78. The smallest absolute Gasteiger partial charge is 0.0595 e. The highest BCUT2D eigenvalue weighted by atomic mass is 35.5. The molecule has 0 aromatic heterocycles. The van der Waals surface area contributed by atoms with Crippen molar-refractivity contribution in [2.24, 2.45) is 5.41 Å². The molecule has 1 saturated heterocycles. The van der Waals surface area contributed by atoms with Crippen LogP contribution in [0.15, 0.2) is 12.1 Å². The van der Waals surface area contributed by atoms with Gasteiger partial charge in [-0.25, -0.2) is 0 Å². The molecule has 2 nitrogen and oxygen atoms in total. The fraction of sp³-hybridized carbons (Fsp3) is 0.600. The van der Waals surface area contributed by atoms with E-state index in [4.69, 9.17) is 23.2 Å². The number of nitrogens with zero attached hydrogens (tertiary/aromatic N) is 1. The third-order valence-corrected chi connectivity index (χ3v) is 5.01. The van der Waals surface area contributed by atoms with Crippen LogP contribution in [-0.4, -0.2) is 37.6 Å². The molecule has 0 saturated carbocycles. The van der Waals surface area contributed by atoms with E-state index >= 15 is 0 Å². The quantitative estimate of drug-likeness (QED) is 0.903. The second kappa shape index (κ2) is 5.25. The molecular weight excluding hydrogens is 279 g/mol. The molecule has 19 heavy (non-hydrogen) atoms. The molecule has 0 radical (unpaired) electrons. The number of hydrogen-bond acceptors (Lipinski definition) is 2. The van der Waals surface area contributed by atoms with E-state index in [-0.39, 0.29) is 0 Å². The van der Waals surface area contributed by atoms with E-state index < -0.39 is 0 Å². The van der Waals surface area contributed by atoms with E-state index in [9.17, 15) is 0 Å². The Kier molecular flexibility index (Phi) is 3.78. The summed E-state index contributed by atoms with van der Waals surface area (Å²) in [6.07, 6.45) is 2.23. The first-order chi connectivity index (χ1) is 9.06. The van der Waals surface area contributed by atoms with Gasteiger partial charge in [-0.15, -0.1) is 0 Å². The molecule has 2 aliphatic rings. The van der Waals surface area contributed by atoms with Crippen LogP contribution in [0.3, 0.4) is 0 Å². The second-order valence-electron chi connectivity index (χ2n) is 6.23. The minimum absolute atomic E-state index is 0.327. The van der Waals surface area contributed by atoms with Gasteiger partial charge in [0.1, 0.15) is 0 Å². The fourth-order valence-corrected chi connectivity index (χ4v) is 3.83. The molecule has 1 heterocycles. The normalized spacial score (nSPS) is 22.5. The van der Waals surface area contributed by atoms with Crippen molar-refractivity contribution in [1.29, 1.82) is 0 Å². The lowest BCUT2D eigenvalue weighted by molar-refractivity contribution is 0.154. The topological polar surface area (TPSA) is 15.3 Å². The van der Waals surface area contributed by atoms with Gasteiger partial charge in [0, 0.05) is 32.7 Å². The predicted octanol–water partition coefficient (Wildman–Crippen LogP) is 3.00. The molecule has 1 aliphatic carbocycles. The number of benzene rings is 1. The summed E-state index contributed by atoms with van der Waals surface area (Å²) in [5.41, 5.74) is 3.09. The molecule has 0 unspecified atom stereocenters. The van der Waals surface area contributed by atoms with E-state index in [2.05, 4.69) is 29.3 Å². The zero-order chi connectivity index (χ0) is 13.5. The van der Waals surface area contributed by atoms with Crippen LogP contribution in [0, 0.1) is 5.41 Å². The molecule has 0 spiro atoms. The van der Waals surface area contributed by atoms with Crippen LogP contribution in [0.25, 0.3) is 0 Å².